The van der Waals surface area contributed by atoms with Gasteiger partial charge in [-0.2, -0.15) is 0 Å². The lowest BCUT2D eigenvalue weighted by Gasteiger charge is -2.11. The van der Waals surface area contributed by atoms with E-state index in [0.29, 0.717) is 6.54 Å². The van der Waals surface area contributed by atoms with Crippen molar-refractivity contribution in [3.05, 3.63) is 53.6 Å². The molecular weight excluding hydrogens is 215 g/mol. The minimum absolute atomic E-state index is 0.208. The third-order valence-electron chi connectivity index (χ3n) is 2.76. The van der Waals surface area contributed by atoms with Crippen molar-refractivity contribution >= 4 is 0 Å². The summed E-state index contributed by atoms with van der Waals surface area (Å²) < 4.78 is 13.2. The standard InChI is InChI=1S/C14H15FN2/c1-10-5-6-17-9-14(10)13-4-3-12(15)7-11(13)8-16-2/h3-7,9,16H,8H2,1-2H3. The number of nitrogens with one attached hydrogen (secondary N) is 1. The SMILES string of the molecule is CNCc1cc(F)ccc1-c1cnccc1C. The van der Waals surface area contributed by atoms with Crippen LogP contribution in [0.5, 0.6) is 0 Å². The normalized spacial score (nSPS) is 10.5. The zero-order valence-corrected chi connectivity index (χ0v) is 10.00. The first-order valence-corrected chi connectivity index (χ1v) is 5.56. The van der Waals surface area contributed by atoms with Crippen LogP contribution in [0.3, 0.4) is 0 Å². The minimum Gasteiger partial charge on any atom is -0.316 e. The highest BCUT2D eigenvalue weighted by Gasteiger charge is 2.08. The van der Waals surface area contributed by atoms with Gasteiger partial charge in [0.15, 0.2) is 0 Å². The lowest BCUT2D eigenvalue weighted by Crippen LogP contribution is -2.07. The first-order valence-electron chi connectivity index (χ1n) is 5.56. The summed E-state index contributed by atoms with van der Waals surface area (Å²) in [5, 5.41) is 3.05. The van der Waals surface area contributed by atoms with Crippen LogP contribution in [0.4, 0.5) is 4.39 Å². The van der Waals surface area contributed by atoms with Gasteiger partial charge in [0.25, 0.3) is 0 Å². The van der Waals surface area contributed by atoms with Crippen molar-refractivity contribution in [3.63, 3.8) is 0 Å². The van der Waals surface area contributed by atoms with Gasteiger partial charge in [-0.1, -0.05) is 6.07 Å². The number of benzene rings is 1. The van der Waals surface area contributed by atoms with Gasteiger partial charge in [-0.3, -0.25) is 4.98 Å². The Morgan fingerprint density at radius 1 is 1.24 bits per heavy atom. The van der Waals surface area contributed by atoms with Crippen molar-refractivity contribution in [3.8, 4) is 11.1 Å². The summed E-state index contributed by atoms with van der Waals surface area (Å²) in [7, 11) is 1.85. The Balaban J connectivity index is 2.55. The fourth-order valence-corrected chi connectivity index (χ4v) is 1.91. The molecular formula is C14H15FN2. The molecule has 0 atom stereocenters. The highest BCUT2D eigenvalue weighted by molar-refractivity contribution is 5.69. The number of hydrogen-bond donors (Lipinski definition) is 1. The molecule has 88 valence electrons. The van der Waals surface area contributed by atoms with E-state index in [1.54, 1.807) is 12.3 Å². The number of hydrogen-bond acceptors (Lipinski definition) is 2. The van der Waals surface area contributed by atoms with E-state index in [4.69, 9.17) is 0 Å². The third kappa shape index (κ3) is 2.50. The fourth-order valence-electron chi connectivity index (χ4n) is 1.91. The van der Waals surface area contributed by atoms with Crippen molar-refractivity contribution in [1.82, 2.24) is 10.3 Å². The summed E-state index contributed by atoms with van der Waals surface area (Å²) in [5.41, 5.74) is 4.18. The molecule has 2 aromatic rings. The first-order chi connectivity index (χ1) is 8.22. The van der Waals surface area contributed by atoms with E-state index in [2.05, 4.69) is 10.3 Å². The Morgan fingerprint density at radius 3 is 2.76 bits per heavy atom. The quantitative estimate of drug-likeness (QED) is 0.877. The zero-order chi connectivity index (χ0) is 12.3. The molecule has 0 aliphatic heterocycles. The lowest BCUT2D eigenvalue weighted by molar-refractivity contribution is 0.624. The average molecular weight is 230 g/mol. The van der Waals surface area contributed by atoms with Gasteiger partial charge in [0.1, 0.15) is 5.82 Å². The molecule has 0 aliphatic carbocycles. The predicted molar refractivity (Wildman–Crippen MR) is 67.1 cm³/mol. The molecule has 0 bridgehead atoms. The van der Waals surface area contributed by atoms with Crippen LogP contribution in [-0.2, 0) is 6.54 Å². The molecule has 2 nitrogen and oxygen atoms in total. The number of nitrogens with zero attached hydrogens (tertiary/aromatic N) is 1. The van der Waals surface area contributed by atoms with Gasteiger partial charge in [0.05, 0.1) is 0 Å². The van der Waals surface area contributed by atoms with E-state index in [1.807, 2.05) is 32.3 Å². The monoisotopic (exact) mass is 230 g/mol. The zero-order valence-electron chi connectivity index (χ0n) is 10.00. The second-order valence-electron chi connectivity index (χ2n) is 4.02. The van der Waals surface area contributed by atoms with Gasteiger partial charge in [-0.25, -0.2) is 4.39 Å². The molecule has 0 unspecified atom stereocenters. The smallest absolute Gasteiger partial charge is 0.123 e. The van der Waals surface area contributed by atoms with Crippen molar-refractivity contribution in [2.24, 2.45) is 0 Å². The Bertz CT molecular complexity index is 523. The van der Waals surface area contributed by atoms with Crippen LogP contribution in [0.25, 0.3) is 11.1 Å². The largest absolute Gasteiger partial charge is 0.316 e. The summed E-state index contributed by atoms with van der Waals surface area (Å²) in [6.07, 6.45) is 3.59. The molecule has 2 rings (SSSR count). The van der Waals surface area contributed by atoms with Crippen LogP contribution < -0.4 is 5.32 Å². The van der Waals surface area contributed by atoms with Crippen molar-refractivity contribution in [2.45, 2.75) is 13.5 Å². The second-order valence-corrected chi connectivity index (χ2v) is 4.02. The van der Waals surface area contributed by atoms with Crippen molar-refractivity contribution < 1.29 is 4.39 Å². The third-order valence-corrected chi connectivity index (χ3v) is 2.76. The molecule has 0 saturated carbocycles. The van der Waals surface area contributed by atoms with Gasteiger partial charge in [-0.15, -0.1) is 0 Å². The lowest BCUT2D eigenvalue weighted by atomic mass is 9.97. The average Bonchev–Trinajstić information content (AvgIpc) is 2.31. The minimum atomic E-state index is -0.208. The number of rotatable bonds is 3. The van der Waals surface area contributed by atoms with Gasteiger partial charge in [-0.05, 0) is 48.9 Å². The Morgan fingerprint density at radius 2 is 2.06 bits per heavy atom. The second kappa shape index (κ2) is 5.06. The molecule has 1 aromatic carbocycles. The van der Waals surface area contributed by atoms with E-state index >= 15 is 0 Å². The van der Waals surface area contributed by atoms with Crippen LogP contribution in [0.2, 0.25) is 0 Å². The Labute approximate surface area is 101 Å². The topological polar surface area (TPSA) is 24.9 Å². The van der Waals surface area contributed by atoms with Crippen LogP contribution in [0, 0.1) is 12.7 Å². The first kappa shape index (κ1) is 11.7. The maximum Gasteiger partial charge on any atom is 0.123 e. The summed E-state index contributed by atoms with van der Waals surface area (Å²) in [6, 6.07) is 6.83. The number of halogens is 1. The fraction of sp³-hybridized carbons (Fsp3) is 0.214. The molecule has 0 spiro atoms. The summed E-state index contributed by atoms with van der Waals surface area (Å²) in [4.78, 5) is 4.13. The molecule has 0 saturated heterocycles. The molecule has 1 N–H and O–H groups in total. The molecule has 0 amide bonds. The number of aryl methyl sites for hydroxylation is 1. The van der Waals surface area contributed by atoms with E-state index in [9.17, 15) is 4.39 Å². The van der Waals surface area contributed by atoms with Gasteiger partial charge < -0.3 is 5.32 Å². The van der Waals surface area contributed by atoms with Gasteiger partial charge >= 0.3 is 0 Å². The van der Waals surface area contributed by atoms with E-state index in [-0.39, 0.29) is 5.82 Å². The van der Waals surface area contributed by atoms with Crippen LogP contribution >= 0.6 is 0 Å². The molecule has 3 heteroatoms. The molecule has 1 heterocycles. The van der Waals surface area contributed by atoms with Gasteiger partial charge in [0.2, 0.25) is 0 Å². The van der Waals surface area contributed by atoms with Crippen LogP contribution in [0.15, 0.2) is 36.7 Å². The highest BCUT2D eigenvalue weighted by Crippen LogP contribution is 2.26. The van der Waals surface area contributed by atoms with E-state index in [1.165, 1.54) is 6.07 Å². The Kier molecular flexibility index (Phi) is 3.49. The maximum absolute atomic E-state index is 13.2. The molecule has 0 radical (unpaired) electrons. The molecule has 1 aromatic heterocycles. The van der Waals surface area contributed by atoms with Gasteiger partial charge in [0, 0.05) is 24.5 Å². The molecule has 0 aliphatic rings. The van der Waals surface area contributed by atoms with Crippen LogP contribution in [0.1, 0.15) is 11.1 Å². The van der Waals surface area contributed by atoms with E-state index in [0.717, 1.165) is 22.3 Å². The van der Waals surface area contributed by atoms with E-state index < -0.39 is 0 Å². The number of pyridine rings is 1. The summed E-state index contributed by atoms with van der Waals surface area (Å²) >= 11 is 0. The maximum atomic E-state index is 13.2. The van der Waals surface area contributed by atoms with Crippen molar-refractivity contribution in [2.75, 3.05) is 7.05 Å². The summed E-state index contributed by atoms with van der Waals surface area (Å²) in [5.74, 6) is -0.208. The highest BCUT2D eigenvalue weighted by atomic mass is 19.1. The summed E-state index contributed by atoms with van der Waals surface area (Å²) in [6.45, 7) is 2.67. The molecule has 0 fully saturated rings. The van der Waals surface area contributed by atoms with Crippen LogP contribution in [-0.4, -0.2) is 12.0 Å². The Hall–Kier alpha value is -1.74. The molecule has 17 heavy (non-hydrogen) atoms. The predicted octanol–water partition coefficient (Wildman–Crippen LogP) is 2.92. The van der Waals surface area contributed by atoms with Crippen molar-refractivity contribution in [1.29, 1.82) is 0 Å². The number of aromatic nitrogens is 1.